The van der Waals surface area contributed by atoms with Gasteiger partial charge in [0.1, 0.15) is 18.1 Å². The van der Waals surface area contributed by atoms with Crippen molar-refractivity contribution in [2.75, 3.05) is 13.2 Å². The number of carbonyl (C=O) groups is 1. The zero-order valence-electron chi connectivity index (χ0n) is 16.4. The first-order valence-corrected chi connectivity index (χ1v) is 9.72. The average Bonchev–Trinajstić information content (AvgIpc) is 2.66. The number of ether oxygens (including phenoxy) is 2. The topological polar surface area (TPSA) is 47.6 Å². The van der Waals surface area contributed by atoms with Gasteiger partial charge < -0.3 is 14.8 Å². The molecule has 1 atom stereocenters. The van der Waals surface area contributed by atoms with E-state index in [2.05, 4.69) is 25.2 Å². The molecule has 0 heterocycles. The molecule has 0 aliphatic rings. The van der Waals surface area contributed by atoms with Gasteiger partial charge in [0.25, 0.3) is 5.91 Å². The third-order valence-corrected chi connectivity index (χ3v) is 4.69. The van der Waals surface area contributed by atoms with Crippen LogP contribution in [0.25, 0.3) is 0 Å². The van der Waals surface area contributed by atoms with Crippen molar-refractivity contribution in [1.29, 1.82) is 0 Å². The number of aryl methyl sites for hydroxylation is 1. The fourth-order valence-electron chi connectivity index (χ4n) is 2.72. The summed E-state index contributed by atoms with van der Waals surface area (Å²) in [5, 5.41) is 3.56. The highest BCUT2D eigenvalue weighted by molar-refractivity contribution is 6.31. The molecule has 0 aliphatic heterocycles. The molecular weight excluding hydrogens is 362 g/mol. The Bertz CT molecular complexity index is 761. The number of nitrogens with one attached hydrogen (secondary N) is 1. The van der Waals surface area contributed by atoms with Crippen molar-refractivity contribution in [2.24, 2.45) is 0 Å². The minimum Gasteiger partial charge on any atom is -0.491 e. The van der Waals surface area contributed by atoms with E-state index in [1.165, 1.54) is 0 Å². The van der Waals surface area contributed by atoms with Gasteiger partial charge in [0.2, 0.25) is 0 Å². The van der Waals surface area contributed by atoms with Gasteiger partial charge in [-0.2, -0.15) is 0 Å². The van der Waals surface area contributed by atoms with Crippen LogP contribution in [0.2, 0.25) is 5.02 Å². The Kier molecular flexibility index (Phi) is 7.99. The molecule has 0 aliphatic carbocycles. The number of hydrogen-bond donors (Lipinski definition) is 1. The predicted molar refractivity (Wildman–Crippen MR) is 110 cm³/mol. The molecule has 2 rings (SSSR count). The summed E-state index contributed by atoms with van der Waals surface area (Å²) in [6, 6.07) is 13.4. The van der Waals surface area contributed by atoms with Crippen molar-refractivity contribution in [1.82, 2.24) is 5.32 Å². The highest BCUT2D eigenvalue weighted by Crippen LogP contribution is 2.25. The van der Waals surface area contributed by atoms with E-state index >= 15 is 0 Å². The van der Waals surface area contributed by atoms with Gasteiger partial charge in [0.15, 0.2) is 6.10 Å². The monoisotopic (exact) mass is 389 g/mol. The zero-order chi connectivity index (χ0) is 19.8. The van der Waals surface area contributed by atoms with Crippen molar-refractivity contribution in [3.05, 3.63) is 58.6 Å². The lowest BCUT2D eigenvalue weighted by Crippen LogP contribution is -2.39. The third kappa shape index (κ3) is 6.17. The van der Waals surface area contributed by atoms with Crippen molar-refractivity contribution < 1.29 is 14.3 Å². The molecule has 27 heavy (non-hydrogen) atoms. The molecule has 0 unspecified atom stereocenters. The zero-order valence-corrected chi connectivity index (χ0v) is 17.2. The Morgan fingerprint density at radius 1 is 1.19 bits per heavy atom. The smallest absolute Gasteiger partial charge is 0.261 e. The van der Waals surface area contributed by atoms with Gasteiger partial charge in [0, 0.05) is 5.02 Å². The van der Waals surface area contributed by atoms with Gasteiger partial charge in [-0.05, 0) is 54.7 Å². The van der Waals surface area contributed by atoms with Crippen LogP contribution in [0.15, 0.2) is 42.5 Å². The fourth-order valence-corrected chi connectivity index (χ4v) is 2.83. The van der Waals surface area contributed by atoms with Crippen molar-refractivity contribution in [3.63, 3.8) is 0 Å². The summed E-state index contributed by atoms with van der Waals surface area (Å²) >= 11 is 6.03. The quantitative estimate of drug-likeness (QED) is 0.605. The molecular formula is C22H28ClNO3. The summed E-state index contributed by atoms with van der Waals surface area (Å²) in [6.07, 6.45) is 0.0263. The summed E-state index contributed by atoms with van der Waals surface area (Å²) in [5.41, 5.74) is 2.08. The molecule has 5 heteroatoms. The number of halogens is 1. The minimum absolute atomic E-state index is 0.147. The summed E-state index contributed by atoms with van der Waals surface area (Å²) in [7, 11) is 0. The molecule has 0 spiro atoms. The second-order valence-electron chi connectivity index (χ2n) is 6.76. The molecule has 0 fully saturated rings. The summed E-state index contributed by atoms with van der Waals surface area (Å²) in [4.78, 5) is 12.4. The Hall–Kier alpha value is -2.20. The van der Waals surface area contributed by atoms with Gasteiger partial charge >= 0.3 is 0 Å². The van der Waals surface area contributed by atoms with E-state index in [1.807, 2.05) is 38.1 Å². The predicted octanol–water partition coefficient (Wildman–Crippen LogP) is 5.12. The van der Waals surface area contributed by atoms with Gasteiger partial charge in [-0.3, -0.25) is 4.79 Å². The average molecular weight is 390 g/mol. The van der Waals surface area contributed by atoms with Crippen LogP contribution in [-0.2, 0) is 4.79 Å². The van der Waals surface area contributed by atoms with E-state index in [1.54, 1.807) is 12.1 Å². The molecule has 1 amide bonds. The molecule has 1 N–H and O–H groups in total. The largest absolute Gasteiger partial charge is 0.491 e. The molecule has 0 bridgehead atoms. The Morgan fingerprint density at radius 3 is 2.59 bits per heavy atom. The van der Waals surface area contributed by atoms with Gasteiger partial charge in [-0.1, -0.05) is 50.6 Å². The lowest BCUT2D eigenvalue weighted by molar-refractivity contribution is -0.128. The molecule has 2 aromatic carbocycles. The highest BCUT2D eigenvalue weighted by atomic mass is 35.5. The van der Waals surface area contributed by atoms with E-state index < -0.39 is 6.10 Å². The lowest BCUT2D eigenvalue weighted by atomic mass is 10.0. The summed E-state index contributed by atoms with van der Waals surface area (Å²) < 4.78 is 11.7. The number of para-hydroxylation sites is 1. The number of amides is 1. The number of carbonyl (C=O) groups excluding carboxylic acids is 1. The Morgan fingerprint density at radius 2 is 1.93 bits per heavy atom. The number of hydrogen-bond acceptors (Lipinski definition) is 3. The third-order valence-electron chi connectivity index (χ3n) is 4.27. The van der Waals surface area contributed by atoms with Crippen LogP contribution in [0, 0.1) is 6.92 Å². The first-order chi connectivity index (χ1) is 12.9. The second-order valence-corrected chi connectivity index (χ2v) is 7.16. The van der Waals surface area contributed by atoms with Crippen LogP contribution < -0.4 is 14.8 Å². The molecule has 4 nitrogen and oxygen atoms in total. The van der Waals surface area contributed by atoms with Crippen LogP contribution in [0.3, 0.4) is 0 Å². The highest BCUT2D eigenvalue weighted by Gasteiger charge is 2.18. The molecule has 146 valence electrons. The minimum atomic E-state index is -0.548. The Balaban J connectivity index is 1.84. The van der Waals surface area contributed by atoms with E-state index in [-0.39, 0.29) is 5.91 Å². The van der Waals surface area contributed by atoms with Crippen LogP contribution in [0.5, 0.6) is 11.5 Å². The van der Waals surface area contributed by atoms with Crippen LogP contribution >= 0.6 is 11.6 Å². The lowest BCUT2D eigenvalue weighted by Gasteiger charge is -2.18. The maximum Gasteiger partial charge on any atom is 0.261 e. The summed E-state index contributed by atoms with van der Waals surface area (Å²) in [5.74, 6) is 1.74. The van der Waals surface area contributed by atoms with Crippen LogP contribution in [0.1, 0.15) is 44.2 Å². The molecule has 0 saturated carbocycles. The Labute approximate surface area is 166 Å². The van der Waals surface area contributed by atoms with Crippen molar-refractivity contribution >= 4 is 17.5 Å². The molecule has 0 radical (unpaired) electrons. The number of rotatable bonds is 9. The fraction of sp³-hybridized carbons (Fsp3) is 0.409. The summed E-state index contributed by atoms with van der Waals surface area (Å²) in [6.45, 7) is 8.92. The van der Waals surface area contributed by atoms with Gasteiger partial charge in [-0.25, -0.2) is 0 Å². The van der Waals surface area contributed by atoms with Crippen molar-refractivity contribution in [3.8, 4) is 11.5 Å². The van der Waals surface area contributed by atoms with E-state index in [0.717, 1.165) is 16.9 Å². The van der Waals surface area contributed by atoms with E-state index in [9.17, 15) is 4.79 Å². The SMILES string of the molecule is CC[C@@H](Oc1ccc(Cl)c(C)c1)C(=O)NCCOc1ccccc1C(C)C. The number of benzene rings is 2. The standard InChI is InChI=1S/C22H28ClNO3/c1-5-20(27-17-10-11-19(23)16(4)14-17)22(25)24-12-13-26-21-9-7-6-8-18(21)15(2)3/h6-11,14-15,20H,5,12-13H2,1-4H3,(H,24,25)/t20-/m1/s1. The van der Waals surface area contributed by atoms with Crippen molar-refractivity contribution in [2.45, 2.75) is 46.1 Å². The normalized spacial score (nSPS) is 11.9. The van der Waals surface area contributed by atoms with Gasteiger partial charge in [-0.15, -0.1) is 0 Å². The van der Waals surface area contributed by atoms with Gasteiger partial charge in [0.05, 0.1) is 6.54 Å². The van der Waals surface area contributed by atoms with Crippen LogP contribution in [0.4, 0.5) is 0 Å². The van der Waals surface area contributed by atoms with Crippen LogP contribution in [-0.4, -0.2) is 25.2 Å². The molecule has 0 saturated heterocycles. The first-order valence-electron chi connectivity index (χ1n) is 9.34. The second kappa shape index (κ2) is 10.2. The first kappa shape index (κ1) is 21.1. The maximum absolute atomic E-state index is 12.4. The van der Waals surface area contributed by atoms with E-state index in [4.69, 9.17) is 21.1 Å². The van der Waals surface area contributed by atoms with E-state index in [0.29, 0.717) is 36.3 Å². The molecule has 2 aromatic rings. The molecule has 0 aromatic heterocycles. The maximum atomic E-state index is 12.4.